The summed E-state index contributed by atoms with van der Waals surface area (Å²) in [6.07, 6.45) is 0.534. The van der Waals surface area contributed by atoms with E-state index in [-0.39, 0.29) is 12.1 Å². The highest BCUT2D eigenvalue weighted by atomic mass is 35.5. The number of hydrogen-bond acceptors (Lipinski definition) is 6. The van der Waals surface area contributed by atoms with E-state index in [1.807, 2.05) is 24.3 Å². The lowest BCUT2D eigenvalue weighted by Gasteiger charge is -2.17. The van der Waals surface area contributed by atoms with Crippen LogP contribution in [0.5, 0.6) is 5.75 Å². The summed E-state index contributed by atoms with van der Waals surface area (Å²) in [4.78, 5) is 12.4. The van der Waals surface area contributed by atoms with Crippen molar-refractivity contribution in [2.45, 2.75) is 12.5 Å². The summed E-state index contributed by atoms with van der Waals surface area (Å²) in [6.45, 7) is 0. The lowest BCUT2D eigenvalue weighted by Crippen LogP contribution is -2.33. The van der Waals surface area contributed by atoms with Gasteiger partial charge in [-0.15, -0.1) is 10.2 Å². The fourth-order valence-electron chi connectivity index (χ4n) is 2.44. The van der Waals surface area contributed by atoms with Crippen LogP contribution < -0.4 is 21.1 Å². The standard InChI is InChI=1S/C18H18ClN5O2S/c1-26-14-8-2-11(3-9-14)10-15(16-23-24-17(20)27-16)22-18(25)21-13-6-4-12(19)5-7-13/h2-9,15H,10H2,1H3,(H2,20,24)(H2,21,22,25). The number of benzene rings is 2. The maximum atomic E-state index is 12.4. The number of aromatic nitrogens is 2. The second kappa shape index (κ2) is 8.70. The van der Waals surface area contributed by atoms with Crippen molar-refractivity contribution in [2.75, 3.05) is 18.2 Å². The van der Waals surface area contributed by atoms with Gasteiger partial charge in [0.1, 0.15) is 10.8 Å². The van der Waals surface area contributed by atoms with Gasteiger partial charge in [-0.25, -0.2) is 4.79 Å². The van der Waals surface area contributed by atoms with E-state index in [9.17, 15) is 4.79 Å². The number of ether oxygens (including phenoxy) is 1. The molecule has 1 unspecified atom stereocenters. The molecule has 0 bridgehead atoms. The van der Waals surface area contributed by atoms with Gasteiger partial charge in [0.25, 0.3) is 0 Å². The second-order valence-corrected chi connectivity index (χ2v) is 7.17. The molecule has 0 spiro atoms. The number of halogens is 1. The minimum Gasteiger partial charge on any atom is -0.497 e. The SMILES string of the molecule is COc1ccc(CC(NC(=O)Nc2ccc(Cl)cc2)c2nnc(N)s2)cc1. The molecule has 0 fully saturated rings. The van der Waals surface area contributed by atoms with E-state index in [0.29, 0.717) is 27.3 Å². The first-order chi connectivity index (χ1) is 13.0. The number of amides is 2. The van der Waals surface area contributed by atoms with E-state index in [1.165, 1.54) is 11.3 Å². The molecule has 0 saturated heterocycles. The summed E-state index contributed by atoms with van der Waals surface area (Å²) in [5, 5.41) is 15.2. The first kappa shape index (κ1) is 18.9. The van der Waals surface area contributed by atoms with E-state index in [0.717, 1.165) is 11.3 Å². The lowest BCUT2D eigenvalue weighted by atomic mass is 10.1. The molecule has 0 aliphatic rings. The molecule has 27 heavy (non-hydrogen) atoms. The summed E-state index contributed by atoms with van der Waals surface area (Å²) in [6, 6.07) is 13.7. The van der Waals surface area contributed by atoms with Gasteiger partial charge in [-0.05, 0) is 48.4 Å². The third kappa shape index (κ3) is 5.32. The Morgan fingerprint density at radius 1 is 1.19 bits per heavy atom. The highest BCUT2D eigenvalue weighted by molar-refractivity contribution is 7.15. The van der Waals surface area contributed by atoms with Crippen LogP contribution in [0.3, 0.4) is 0 Å². The number of carbonyl (C=O) groups excluding carboxylic acids is 1. The minimum absolute atomic E-state index is 0.352. The molecule has 3 rings (SSSR count). The average molecular weight is 404 g/mol. The highest BCUT2D eigenvalue weighted by Crippen LogP contribution is 2.24. The van der Waals surface area contributed by atoms with Gasteiger partial charge in [0.15, 0.2) is 0 Å². The highest BCUT2D eigenvalue weighted by Gasteiger charge is 2.20. The van der Waals surface area contributed by atoms with Gasteiger partial charge in [0, 0.05) is 10.7 Å². The van der Waals surface area contributed by atoms with E-state index in [2.05, 4.69) is 20.8 Å². The second-order valence-electron chi connectivity index (χ2n) is 5.69. The molecule has 3 aromatic rings. The molecule has 2 amide bonds. The number of methoxy groups -OCH3 is 1. The van der Waals surface area contributed by atoms with Crippen LogP contribution >= 0.6 is 22.9 Å². The summed E-state index contributed by atoms with van der Waals surface area (Å²) in [5.74, 6) is 0.768. The van der Waals surface area contributed by atoms with Crippen molar-refractivity contribution >= 4 is 39.8 Å². The Kier molecular flexibility index (Phi) is 6.10. The van der Waals surface area contributed by atoms with Crippen molar-refractivity contribution in [1.82, 2.24) is 15.5 Å². The molecule has 1 heterocycles. The van der Waals surface area contributed by atoms with Crippen molar-refractivity contribution in [3.63, 3.8) is 0 Å². The number of nitrogens with one attached hydrogen (secondary N) is 2. The number of anilines is 2. The smallest absolute Gasteiger partial charge is 0.319 e. The number of hydrogen-bond donors (Lipinski definition) is 3. The zero-order valence-electron chi connectivity index (χ0n) is 14.5. The van der Waals surface area contributed by atoms with Crippen molar-refractivity contribution in [3.8, 4) is 5.75 Å². The number of nitrogen functional groups attached to an aromatic ring is 1. The Morgan fingerprint density at radius 2 is 1.89 bits per heavy atom. The van der Waals surface area contributed by atoms with Gasteiger partial charge in [-0.3, -0.25) is 0 Å². The Hall–Kier alpha value is -2.84. The predicted octanol–water partition coefficient (Wildman–Crippen LogP) is 3.89. The van der Waals surface area contributed by atoms with Crippen molar-refractivity contribution in [1.29, 1.82) is 0 Å². The largest absolute Gasteiger partial charge is 0.497 e. The summed E-state index contributed by atoms with van der Waals surface area (Å²) in [7, 11) is 1.62. The van der Waals surface area contributed by atoms with Gasteiger partial charge in [-0.1, -0.05) is 35.1 Å². The zero-order chi connectivity index (χ0) is 19.2. The Labute approximate surface area is 165 Å². The zero-order valence-corrected chi connectivity index (χ0v) is 16.1. The van der Waals surface area contributed by atoms with E-state index in [1.54, 1.807) is 31.4 Å². The number of urea groups is 1. The van der Waals surface area contributed by atoms with Gasteiger partial charge in [-0.2, -0.15) is 0 Å². The predicted molar refractivity (Wildman–Crippen MR) is 107 cm³/mol. The topological polar surface area (TPSA) is 102 Å². The monoisotopic (exact) mass is 403 g/mol. The molecular formula is C18H18ClN5O2S. The number of nitrogens with two attached hydrogens (primary N) is 1. The Morgan fingerprint density at radius 3 is 2.48 bits per heavy atom. The molecule has 1 aromatic heterocycles. The maximum Gasteiger partial charge on any atom is 0.319 e. The third-order valence-electron chi connectivity index (χ3n) is 3.76. The normalized spacial score (nSPS) is 11.6. The van der Waals surface area contributed by atoms with Crippen molar-refractivity contribution < 1.29 is 9.53 Å². The van der Waals surface area contributed by atoms with E-state index < -0.39 is 0 Å². The Bertz CT molecular complexity index is 899. The first-order valence-electron chi connectivity index (χ1n) is 8.08. The quantitative estimate of drug-likeness (QED) is 0.579. The average Bonchev–Trinajstić information content (AvgIpc) is 3.10. The number of rotatable bonds is 6. The third-order valence-corrected chi connectivity index (χ3v) is 4.88. The molecule has 1 atom stereocenters. The molecule has 7 nitrogen and oxygen atoms in total. The van der Waals surface area contributed by atoms with Crippen LogP contribution in [0, 0.1) is 0 Å². The molecule has 0 aliphatic carbocycles. The fraction of sp³-hybridized carbons (Fsp3) is 0.167. The molecule has 140 valence electrons. The van der Waals surface area contributed by atoms with Crippen molar-refractivity contribution in [3.05, 3.63) is 64.1 Å². The lowest BCUT2D eigenvalue weighted by molar-refractivity contribution is 0.248. The van der Waals surface area contributed by atoms with Gasteiger partial charge < -0.3 is 21.1 Å². The number of nitrogens with zero attached hydrogens (tertiary/aromatic N) is 2. The van der Waals surface area contributed by atoms with Gasteiger partial charge >= 0.3 is 6.03 Å². The van der Waals surface area contributed by atoms with Crippen LogP contribution in [0.4, 0.5) is 15.6 Å². The van der Waals surface area contributed by atoms with Crippen LogP contribution in [0.25, 0.3) is 0 Å². The maximum absolute atomic E-state index is 12.4. The van der Waals surface area contributed by atoms with Crippen LogP contribution in [0.15, 0.2) is 48.5 Å². The van der Waals surface area contributed by atoms with Crippen LogP contribution in [-0.4, -0.2) is 23.3 Å². The molecule has 0 aliphatic heterocycles. The molecule has 4 N–H and O–H groups in total. The fourth-order valence-corrected chi connectivity index (χ4v) is 3.23. The molecular weight excluding hydrogens is 386 g/mol. The molecule has 0 saturated carbocycles. The van der Waals surface area contributed by atoms with Crippen LogP contribution in [0.2, 0.25) is 5.02 Å². The van der Waals surface area contributed by atoms with E-state index in [4.69, 9.17) is 22.1 Å². The Balaban J connectivity index is 1.73. The van der Waals surface area contributed by atoms with E-state index >= 15 is 0 Å². The minimum atomic E-state index is -0.375. The van der Waals surface area contributed by atoms with Crippen molar-refractivity contribution in [2.24, 2.45) is 0 Å². The molecule has 9 heteroatoms. The number of carbonyl (C=O) groups is 1. The molecule has 0 radical (unpaired) electrons. The molecule has 2 aromatic carbocycles. The first-order valence-corrected chi connectivity index (χ1v) is 9.28. The van der Waals surface area contributed by atoms with Crippen LogP contribution in [0.1, 0.15) is 16.6 Å². The summed E-state index contributed by atoms with van der Waals surface area (Å²) >= 11 is 7.11. The van der Waals surface area contributed by atoms with Gasteiger partial charge in [0.05, 0.1) is 13.2 Å². The van der Waals surface area contributed by atoms with Crippen LogP contribution in [-0.2, 0) is 6.42 Å². The van der Waals surface area contributed by atoms with Gasteiger partial charge in [0.2, 0.25) is 5.13 Å². The summed E-state index contributed by atoms with van der Waals surface area (Å²) < 4.78 is 5.18. The summed E-state index contributed by atoms with van der Waals surface area (Å²) in [5.41, 5.74) is 7.35.